The number of benzene rings is 1. The quantitative estimate of drug-likeness (QED) is 0.807. The lowest BCUT2D eigenvalue weighted by Gasteiger charge is -2.40. The molecule has 2 heterocycles. The van der Waals surface area contributed by atoms with E-state index >= 15 is 0 Å². The minimum Gasteiger partial charge on any atom is -0.341 e. The molecule has 0 aliphatic carbocycles. The number of piperidine rings is 1. The van der Waals surface area contributed by atoms with Gasteiger partial charge in [0.05, 0.1) is 10.7 Å². The van der Waals surface area contributed by atoms with Crippen LogP contribution in [-0.2, 0) is 16.6 Å². The highest BCUT2D eigenvalue weighted by molar-refractivity contribution is 7.09. The number of amides is 1. The van der Waals surface area contributed by atoms with Crippen LogP contribution < -0.4 is 0 Å². The van der Waals surface area contributed by atoms with Crippen LogP contribution in [0.5, 0.6) is 0 Å². The highest BCUT2D eigenvalue weighted by Gasteiger charge is 2.35. The van der Waals surface area contributed by atoms with Gasteiger partial charge in [0.2, 0.25) is 5.91 Å². The van der Waals surface area contributed by atoms with Gasteiger partial charge in [-0.15, -0.1) is 11.3 Å². The zero-order valence-electron chi connectivity index (χ0n) is 14.8. The monoisotopic (exact) mass is 342 g/mol. The zero-order valence-corrected chi connectivity index (χ0v) is 15.6. The Kier molecular flexibility index (Phi) is 5.04. The van der Waals surface area contributed by atoms with Crippen LogP contribution in [0.3, 0.4) is 0 Å². The van der Waals surface area contributed by atoms with E-state index in [-0.39, 0.29) is 11.3 Å². The topological polar surface area (TPSA) is 33.2 Å². The van der Waals surface area contributed by atoms with Gasteiger partial charge in [0.1, 0.15) is 0 Å². The Morgan fingerprint density at radius 2 is 2.04 bits per heavy atom. The van der Waals surface area contributed by atoms with E-state index in [4.69, 9.17) is 4.98 Å². The number of thiazole rings is 1. The van der Waals surface area contributed by atoms with Crippen LogP contribution in [-0.4, -0.2) is 28.9 Å². The Morgan fingerprint density at radius 1 is 1.29 bits per heavy atom. The van der Waals surface area contributed by atoms with E-state index in [2.05, 4.69) is 50.4 Å². The van der Waals surface area contributed by atoms with Gasteiger partial charge in [0.25, 0.3) is 0 Å². The van der Waals surface area contributed by atoms with Crippen LogP contribution in [0.25, 0.3) is 0 Å². The fraction of sp³-hybridized carbons (Fsp3) is 0.500. The molecule has 0 bridgehead atoms. The molecule has 1 aliphatic heterocycles. The van der Waals surface area contributed by atoms with E-state index in [9.17, 15) is 4.79 Å². The molecule has 0 radical (unpaired) electrons. The minimum absolute atomic E-state index is 0.0559. The Balaban J connectivity index is 1.67. The van der Waals surface area contributed by atoms with Gasteiger partial charge in [-0.2, -0.15) is 0 Å². The second-order valence-electron chi connectivity index (χ2n) is 7.32. The van der Waals surface area contributed by atoms with Crippen molar-refractivity contribution in [3.8, 4) is 0 Å². The second-order valence-corrected chi connectivity index (χ2v) is 8.21. The van der Waals surface area contributed by atoms with Crippen molar-refractivity contribution in [1.82, 2.24) is 9.88 Å². The van der Waals surface area contributed by atoms with Crippen molar-refractivity contribution in [3.63, 3.8) is 0 Å². The van der Waals surface area contributed by atoms with Gasteiger partial charge in [-0.05, 0) is 12.0 Å². The molecule has 3 nitrogen and oxygen atoms in total. The third-order valence-corrected chi connectivity index (χ3v) is 6.15. The van der Waals surface area contributed by atoms with E-state index in [1.165, 1.54) is 10.6 Å². The van der Waals surface area contributed by atoms with Gasteiger partial charge in [-0.1, -0.05) is 51.1 Å². The summed E-state index contributed by atoms with van der Waals surface area (Å²) < 4.78 is 0. The predicted molar refractivity (Wildman–Crippen MR) is 99.5 cm³/mol. The summed E-state index contributed by atoms with van der Waals surface area (Å²) >= 11 is 1.73. The van der Waals surface area contributed by atoms with Crippen molar-refractivity contribution in [2.45, 2.75) is 51.4 Å². The molecule has 0 spiro atoms. The molecule has 1 atom stereocenters. The van der Waals surface area contributed by atoms with Crippen molar-refractivity contribution in [1.29, 1.82) is 0 Å². The lowest BCUT2D eigenvalue weighted by atomic mass is 9.75. The fourth-order valence-corrected chi connectivity index (χ4v) is 4.23. The molecule has 3 rings (SSSR count). The van der Waals surface area contributed by atoms with Gasteiger partial charge < -0.3 is 4.90 Å². The third-order valence-electron chi connectivity index (χ3n) is 4.96. The molecule has 1 aliphatic rings. The number of rotatable bonds is 5. The highest BCUT2D eigenvalue weighted by atomic mass is 32.1. The van der Waals surface area contributed by atoms with E-state index in [0.717, 1.165) is 31.6 Å². The molecular weight excluding hydrogens is 316 g/mol. The zero-order chi connectivity index (χ0) is 17.2. The number of likely N-dealkylation sites (tertiary alicyclic amines) is 1. The van der Waals surface area contributed by atoms with Crippen LogP contribution in [0.1, 0.15) is 55.8 Å². The van der Waals surface area contributed by atoms with Gasteiger partial charge in [0, 0.05) is 42.6 Å². The van der Waals surface area contributed by atoms with Crippen molar-refractivity contribution >= 4 is 17.2 Å². The Labute approximate surface area is 148 Å². The number of hydrogen-bond donors (Lipinski definition) is 0. The van der Waals surface area contributed by atoms with Gasteiger partial charge in [-0.3, -0.25) is 4.79 Å². The van der Waals surface area contributed by atoms with E-state index in [1.807, 2.05) is 11.0 Å². The second kappa shape index (κ2) is 7.06. The fourth-order valence-electron chi connectivity index (χ4n) is 3.36. The molecule has 0 N–H and O–H groups in total. The maximum absolute atomic E-state index is 12.4. The summed E-state index contributed by atoms with van der Waals surface area (Å²) in [5.41, 5.74) is 2.50. The SMILES string of the molecule is CC(C)c1nc(CCN2C[C@@](C)(c3ccccc3)CCC2=O)cs1. The summed E-state index contributed by atoms with van der Waals surface area (Å²) in [7, 11) is 0. The maximum Gasteiger partial charge on any atom is 0.222 e. The molecule has 1 aromatic carbocycles. The largest absolute Gasteiger partial charge is 0.341 e. The normalized spacial score (nSPS) is 21.5. The molecule has 0 unspecified atom stereocenters. The Bertz CT molecular complexity index is 695. The molecule has 4 heteroatoms. The average Bonchev–Trinajstić information content (AvgIpc) is 3.06. The molecule has 24 heavy (non-hydrogen) atoms. The van der Waals surface area contributed by atoms with Crippen molar-refractivity contribution in [2.75, 3.05) is 13.1 Å². The summed E-state index contributed by atoms with van der Waals surface area (Å²) in [5, 5.41) is 3.32. The Morgan fingerprint density at radius 3 is 2.71 bits per heavy atom. The van der Waals surface area contributed by atoms with Crippen LogP contribution in [0.15, 0.2) is 35.7 Å². The molecule has 1 amide bonds. The minimum atomic E-state index is 0.0559. The Hall–Kier alpha value is -1.68. The van der Waals surface area contributed by atoms with Gasteiger partial charge in [0.15, 0.2) is 0 Å². The first kappa shape index (κ1) is 17.2. The summed E-state index contributed by atoms with van der Waals surface area (Å²) in [6.45, 7) is 8.19. The summed E-state index contributed by atoms with van der Waals surface area (Å²) in [6.07, 6.45) is 2.42. The molecule has 1 fully saturated rings. The van der Waals surface area contributed by atoms with E-state index in [0.29, 0.717) is 12.3 Å². The number of carbonyl (C=O) groups is 1. The summed E-state index contributed by atoms with van der Waals surface area (Å²) in [5.74, 6) is 0.754. The number of carbonyl (C=O) groups excluding carboxylic acids is 1. The summed E-state index contributed by atoms with van der Waals surface area (Å²) in [4.78, 5) is 19.1. The average molecular weight is 343 g/mol. The third kappa shape index (κ3) is 3.69. The molecule has 1 aromatic heterocycles. The molecule has 128 valence electrons. The van der Waals surface area contributed by atoms with Crippen LogP contribution in [0.2, 0.25) is 0 Å². The van der Waals surface area contributed by atoms with Crippen molar-refractivity contribution in [2.24, 2.45) is 0 Å². The summed E-state index contributed by atoms with van der Waals surface area (Å²) in [6, 6.07) is 10.6. The maximum atomic E-state index is 12.4. The van der Waals surface area contributed by atoms with Crippen molar-refractivity contribution < 1.29 is 4.79 Å². The van der Waals surface area contributed by atoms with Crippen LogP contribution in [0, 0.1) is 0 Å². The van der Waals surface area contributed by atoms with Gasteiger partial charge >= 0.3 is 0 Å². The van der Waals surface area contributed by atoms with E-state index in [1.54, 1.807) is 11.3 Å². The first-order valence-electron chi connectivity index (χ1n) is 8.75. The number of nitrogens with zero attached hydrogens (tertiary/aromatic N) is 2. The lowest BCUT2D eigenvalue weighted by Crippen LogP contribution is -2.48. The highest BCUT2D eigenvalue weighted by Crippen LogP contribution is 2.34. The van der Waals surface area contributed by atoms with Crippen LogP contribution >= 0.6 is 11.3 Å². The molecule has 1 saturated heterocycles. The van der Waals surface area contributed by atoms with E-state index < -0.39 is 0 Å². The predicted octanol–water partition coefficient (Wildman–Crippen LogP) is 4.39. The van der Waals surface area contributed by atoms with Gasteiger partial charge in [-0.25, -0.2) is 4.98 Å². The first-order chi connectivity index (χ1) is 11.5. The number of aromatic nitrogens is 1. The molecular formula is C20H26N2OS. The smallest absolute Gasteiger partial charge is 0.222 e. The molecule has 0 saturated carbocycles. The molecule has 2 aromatic rings. The van der Waals surface area contributed by atoms with Crippen LogP contribution in [0.4, 0.5) is 0 Å². The number of hydrogen-bond acceptors (Lipinski definition) is 3. The van der Waals surface area contributed by atoms with Crippen molar-refractivity contribution in [3.05, 3.63) is 52.0 Å². The standard InChI is InChI=1S/C20H26N2OS/c1-15(2)19-21-17(13-24-19)10-12-22-14-20(3,11-9-18(22)23)16-7-5-4-6-8-16/h4-8,13,15H,9-12,14H2,1-3H3/t20-/m0/s1. The first-order valence-corrected chi connectivity index (χ1v) is 9.63. The lowest BCUT2D eigenvalue weighted by molar-refractivity contribution is -0.135.